The maximum atomic E-state index is 5.44. The van der Waals surface area contributed by atoms with E-state index in [1.807, 2.05) is 0 Å². The molecule has 3 nitrogen and oxygen atoms in total. The minimum atomic E-state index is 0.00895. The molecule has 0 aromatic heterocycles. The van der Waals surface area contributed by atoms with Crippen molar-refractivity contribution in [2.75, 3.05) is 33.3 Å². The van der Waals surface area contributed by atoms with Gasteiger partial charge in [0.25, 0.3) is 0 Å². The number of nitrogens with zero attached hydrogens (tertiary/aromatic N) is 1. The van der Waals surface area contributed by atoms with E-state index < -0.39 is 0 Å². The largest absolute Gasteiger partial charge is 0.379 e. The average molecular weight is 214 g/mol. The van der Waals surface area contributed by atoms with Crippen LogP contribution in [0.3, 0.4) is 0 Å². The van der Waals surface area contributed by atoms with Crippen LogP contribution in [0.2, 0.25) is 0 Å². The molecule has 1 fully saturated rings. The van der Waals surface area contributed by atoms with Gasteiger partial charge in [0.05, 0.1) is 5.60 Å². The Hall–Kier alpha value is -0.120. The molecule has 15 heavy (non-hydrogen) atoms. The summed E-state index contributed by atoms with van der Waals surface area (Å²) in [6.45, 7) is 13.4. The highest BCUT2D eigenvalue weighted by atomic mass is 16.5. The summed E-state index contributed by atoms with van der Waals surface area (Å²) in [5.41, 5.74) is 0.268. The van der Waals surface area contributed by atoms with Crippen LogP contribution >= 0.6 is 0 Å². The molecular formula is C12H26N2O. The van der Waals surface area contributed by atoms with Crippen molar-refractivity contribution in [3.63, 3.8) is 0 Å². The number of hydrogen-bond acceptors (Lipinski definition) is 3. The van der Waals surface area contributed by atoms with Gasteiger partial charge in [-0.2, -0.15) is 0 Å². The Kier molecular flexibility index (Phi) is 4.15. The fourth-order valence-electron chi connectivity index (χ4n) is 1.97. The van der Waals surface area contributed by atoms with E-state index in [-0.39, 0.29) is 11.1 Å². The summed E-state index contributed by atoms with van der Waals surface area (Å²) in [6, 6.07) is 0. The highest BCUT2D eigenvalue weighted by Gasteiger charge is 2.26. The van der Waals surface area contributed by atoms with Crippen LogP contribution in [0.25, 0.3) is 0 Å². The number of methoxy groups -OCH3 is 1. The van der Waals surface area contributed by atoms with Gasteiger partial charge in [-0.1, -0.05) is 0 Å². The molecule has 90 valence electrons. The van der Waals surface area contributed by atoms with Gasteiger partial charge < -0.3 is 15.0 Å². The maximum absolute atomic E-state index is 5.44. The second kappa shape index (κ2) is 4.81. The summed E-state index contributed by atoms with van der Waals surface area (Å²) in [5, 5.41) is 3.53. The van der Waals surface area contributed by atoms with Crippen molar-refractivity contribution in [1.82, 2.24) is 10.2 Å². The SMILES string of the molecule is COC(C)(C)CCN1CCNC(C)(C)C1. The predicted octanol–water partition coefficient (Wildman–Crippen LogP) is 1.49. The van der Waals surface area contributed by atoms with Crippen LogP contribution in [-0.2, 0) is 4.74 Å². The third-order valence-electron chi connectivity index (χ3n) is 3.23. The molecule has 0 unspecified atom stereocenters. The molecule has 0 amide bonds. The standard InChI is InChI=1S/C12H26N2O/c1-11(2)10-14(9-7-13-11)8-6-12(3,4)15-5/h13H,6-10H2,1-5H3. The van der Waals surface area contributed by atoms with Crippen LogP contribution in [-0.4, -0.2) is 49.3 Å². The molecule has 0 saturated carbocycles. The normalized spacial score (nSPS) is 23.0. The van der Waals surface area contributed by atoms with E-state index in [0.29, 0.717) is 0 Å². The molecule has 3 heteroatoms. The van der Waals surface area contributed by atoms with Gasteiger partial charge in [-0.3, -0.25) is 0 Å². The average Bonchev–Trinajstić information content (AvgIpc) is 2.14. The third kappa shape index (κ3) is 4.49. The summed E-state index contributed by atoms with van der Waals surface area (Å²) < 4.78 is 5.44. The highest BCUT2D eigenvalue weighted by Crippen LogP contribution is 2.16. The van der Waals surface area contributed by atoms with Gasteiger partial charge in [-0.25, -0.2) is 0 Å². The van der Waals surface area contributed by atoms with E-state index in [1.165, 1.54) is 0 Å². The third-order valence-corrected chi connectivity index (χ3v) is 3.23. The lowest BCUT2D eigenvalue weighted by Gasteiger charge is -2.40. The smallest absolute Gasteiger partial charge is 0.0634 e. The first-order valence-electron chi connectivity index (χ1n) is 5.87. The van der Waals surface area contributed by atoms with Crippen molar-refractivity contribution < 1.29 is 4.74 Å². The fraction of sp³-hybridized carbons (Fsp3) is 1.00. The van der Waals surface area contributed by atoms with Crippen LogP contribution in [0.4, 0.5) is 0 Å². The van der Waals surface area contributed by atoms with Gasteiger partial charge in [0.15, 0.2) is 0 Å². The van der Waals surface area contributed by atoms with Gasteiger partial charge in [0.2, 0.25) is 0 Å². The van der Waals surface area contributed by atoms with Gasteiger partial charge in [0.1, 0.15) is 0 Å². The Bertz CT molecular complexity index is 202. The minimum Gasteiger partial charge on any atom is -0.379 e. The number of nitrogens with one attached hydrogen (secondary N) is 1. The summed E-state index contributed by atoms with van der Waals surface area (Å²) >= 11 is 0. The lowest BCUT2D eigenvalue weighted by Crippen LogP contribution is -2.57. The molecule has 0 aliphatic carbocycles. The highest BCUT2D eigenvalue weighted by molar-refractivity contribution is 4.87. The zero-order valence-electron chi connectivity index (χ0n) is 10.9. The van der Waals surface area contributed by atoms with Gasteiger partial charge in [-0.05, 0) is 34.1 Å². The fourth-order valence-corrected chi connectivity index (χ4v) is 1.97. The lowest BCUT2D eigenvalue weighted by atomic mass is 10.00. The molecule has 0 aromatic carbocycles. The molecular weight excluding hydrogens is 188 g/mol. The van der Waals surface area contributed by atoms with Crippen LogP contribution in [0.15, 0.2) is 0 Å². The Morgan fingerprint density at radius 2 is 2.07 bits per heavy atom. The zero-order chi connectivity index (χ0) is 11.5. The van der Waals surface area contributed by atoms with Crippen molar-refractivity contribution in [2.24, 2.45) is 0 Å². The summed E-state index contributed by atoms with van der Waals surface area (Å²) in [6.07, 6.45) is 1.10. The second-order valence-corrected chi connectivity index (χ2v) is 5.80. The molecule has 1 saturated heterocycles. The Labute approximate surface area is 94.2 Å². The van der Waals surface area contributed by atoms with E-state index in [4.69, 9.17) is 4.74 Å². The van der Waals surface area contributed by atoms with Gasteiger partial charge >= 0.3 is 0 Å². The lowest BCUT2D eigenvalue weighted by molar-refractivity contribution is 0.00344. The van der Waals surface area contributed by atoms with Crippen molar-refractivity contribution >= 4 is 0 Å². The Balaban J connectivity index is 2.33. The Morgan fingerprint density at radius 3 is 2.60 bits per heavy atom. The number of ether oxygens (including phenoxy) is 1. The van der Waals surface area contributed by atoms with Crippen LogP contribution < -0.4 is 5.32 Å². The monoisotopic (exact) mass is 214 g/mol. The number of piperazine rings is 1. The van der Waals surface area contributed by atoms with E-state index >= 15 is 0 Å². The molecule has 1 aliphatic heterocycles. The number of hydrogen-bond donors (Lipinski definition) is 1. The molecule has 1 rings (SSSR count). The first-order valence-corrected chi connectivity index (χ1v) is 5.87. The van der Waals surface area contributed by atoms with Crippen molar-refractivity contribution in [3.05, 3.63) is 0 Å². The van der Waals surface area contributed by atoms with E-state index in [2.05, 4.69) is 37.9 Å². The van der Waals surface area contributed by atoms with E-state index in [9.17, 15) is 0 Å². The molecule has 0 atom stereocenters. The summed E-state index contributed by atoms with van der Waals surface area (Å²) in [7, 11) is 1.79. The van der Waals surface area contributed by atoms with Crippen molar-refractivity contribution in [1.29, 1.82) is 0 Å². The van der Waals surface area contributed by atoms with Gasteiger partial charge in [-0.15, -0.1) is 0 Å². The minimum absolute atomic E-state index is 0.00895. The van der Waals surface area contributed by atoms with Crippen LogP contribution in [0.5, 0.6) is 0 Å². The molecule has 1 N–H and O–H groups in total. The first kappa shape index (κ1) is 12.9. The molecule has 1 aliphatic rings. The molecule has 0 spiro atoms. The first-order chi connectivity index (χ1) is 6.85. The maximum Gasteiger partial charge on any atom is 0.0634 e. The van der Waals surface area contributed by atoms with Gasteiger partial charge in [0, 0.05) is 38.8 Å². The summed E-state index contributed by atoms with van der Waals surface area (Å²) in [5.74, 6) is 0. The zero-order valence-corrected chi connectivity index (χ0v) is 10.9. The van der Waals surface area contributed by atoms with E-state index in [1.54, 1.807) is 7.11 Å². The summed E-state index contributed by atoms with van der Waals surface area (Å²) in [4.78, 5) is 2.53. The van der Waals surface area contributed by atoms with Crippen LogP contribution in [0, 0.1) is 0 Å². The molecule has 1 heterocycles. The van der Waals surface area contributed by atoms with Crippen LogP contribution in [0.1, 0.15) is 34.1 Å². The quantitative estimate of drug-likeness (QED) is 0.767. The molecule has 0 aromatic rings. The van der Waals surface area contributed by atoms with Crippen molar-refractivity contribution in [3.8, 4) is 0 Å². The predicted molar refractivity (Wildman–Crippen MR) is 64.2 cm³/mol. The van der Waals surface area contributed by atoms with E-state index in [0.717, 1.165) is 32.6 Å². The molecule has 0 radical (unpaired) electrons. The topological polar surface area (TPSA) is 24.5 Å². The van der Waals surface area contributed by atoms with Crippen molar-refractivity contribution in [2.45, 2.75) is 45.3 Å². The second-order valence-electron chi connectivity index (χ2n) is 5.80. The molecule has 0 bridgehead atoms. The number of rotatable bonds is 4. The Morgan fingerprint density at radius 1 is 1.40 bits per heavy atom.